The Morgan fingerprint density at radius 1 is 0.628 bits per heavy atom. The molecule has 0 aromatic carbocycles. The van der Waals surface area contributed by atoms with Crippen LogP contribution < -0.4 is 5.32 Å². The van der Waals surface area contributed by atoms with Crippen LogP contribution >= 0.6 is 0 Å². The van der Waals surface area contributed by atoms with Crippen LogP contribution in [-0.4, -0.2) is 46.2 Å². The van der Waals surface area contributed by atoms with Crippen molar-refractivity contribution in [1.82, 2.24) is 5.32 Å². The highest BCUT2D eigenvalue weighted by molar-refractivity contribution is 5.86. The molecular formula is C35H61NO7. The second-order valence-electron chi connectivity index (χ2n) is 13.0. The van der Waals surface area contributed by atoms with Gasteiger partial charge in [-0.1, -0.05) is 89.9 Å². The molecular weight excluding hydrogens is 546 g/mol. The third kappa shape index (κ3) is 22.0. The Balaban J connectivity index is 1.93. The summed E-state index contributed by atoms with van der Waals surface area (Å²) in [6.07, 6.45) is 23.7. The quantitative estimate of drug-likeness (QED) is 0.0765. The van der Waals surface area contributed by atoms with E-state index < -0.39 is 17.9 Å². The molecule has 8 heteroatoms. The number of hydrogen-bond donors (Lipinski definition) is 3. The number of carboxylic acids is 2. The topological polar surface area (TPSA) is 138 Å². The lowest BCUT2D eigenvalue weighted by Crippen LogP contribution is -2.33. The molecule has 0 spiro atoms. The van der Waals surface area contributed by atoms with E-state index in [2.05, 4.69) is 5.32 Å². The zero-order chi connectivity index (χ0) is 31.7. The summed E-state index contributed by atoms with van der Waals surface area (Å²) in [5.74, 6) is -2.12. The normalized spacial score (nSPS) is 17.3. The van der Waals surface area contributed by atoms with Crippen molar-refractivity contribution in [3.05, 3.63) is 0 Å². The number of rotatable bonds is 28. The average Bonchev–Trinajstić information content (AvgIpc) is 2.97. The first kappa shape index (κ1) is 38.8. The van der Waals surface area contributed by atoms with Crippen LogP contribution in [0.2, 0.25) is 0 Å². The molecule has 1 aliphatic rings. The molecule has 8 nitrogen and oxygen atoms in total. The van der Waals surface area contributed by atoms with E-state index in [1.165, 1.54) is 77.6 Å². The molecule has 1 aliphatic carbocycles. The molecule has 0 aromatic rings. The van der Waals surface area contributed by atoms with Gasteiger partial charge in [-0.15, -0.1) is 0 Å². The van der Waals surface area contributed by atoms with Crippen LogP contribution in [-0.2, 0) is 24.0 Å². The van der Waals surface area contributed by atoms with Crippen LogP contribution in [0.5, 0.6) is 0 Å². The van der Waals surface area contributed by atoms with Crippen LogP contribution in [0.4, 0.5) is 0 Å². The standard InChI is InChI=1S/C35H61NO7/c1-28(37)20-23-31(35(42)43)26-32(38)30-24-21-29(22-25-30)27-36-33(39)18-16-14-12-10-8-6-4-2-3-5-7-9-11-13-15-17-19-34(40)41/h29-31H,2-27H2,1H3,(H,36,39)(H,40,41)(H,42,43)/t29?,30?,31-/m1/s1. The van der Waals surface area contributed by atoms with E-state index in [0.29, 0.717) is 25.3 Å². The Kier molecular flexibility index (Phi) is 22.6. The van der Waals surface area contributed by atoms with Crippen LogP contribution in [0.15, 0.2) is 0 Å². The first-order valence-electron chi connectivity index (χ1n) is 17.4. The molecule has 0 unspecified atom stereocenters. The van der Waals surface area contributed by atoms with Crippen molar-refractivity contribution in [2.75, 3.05) is 6.54 Å². The molecule has 248 valence electrons. The van der Waals surface area contributed by atoms with Gasteiger partial charge in [-0.3, -0.25) is 19.2 Å². The van der Waals surface area contributed by atoms with Crippen molar-refractivity contribution in [3.8, 4) is 0 Å². The summed E-state index contributed by atoms with van der Waals surface area (Å²) < 4.78 is 0. The number of amides is 1. The summed E-state index contributed by atoms with van der Waals surface area (Å²) in [6.45, 7) is 2.10. The van der Waals surface area contributed by atoms with Gasteiger partial charge in [-0.05, 0) is 57.8 Å². The molecule has 0 heterocycles. The van der Waals surface area contributed by atoms with Gasteiger partial charge in [0.25, 0.3) is 0 Å². The Hall–Kier alpha value is -2.25. The molecule has 0 saturated heterocycles. The Bertz CT molecular complexity index is 804. The smallest absolute Gasteiger partial charge is 0.306 e. The molecule has 0 radical (unpaired) electrons. The zero-order valence-corrected chi connectivity index (χ0v) is 27.1. The lowest BCUT2D eigenvalue weighted by Gasteiger charge is -2.28. The third-order valence-corrected chi connectivity index (χ3v) is 9.08. The summed E-state index contributed by atoms with van der Waals surface area (Å²) in [5, 5.41) is 21.1. The first-order valence-corrected chi connectivity index (χ1v) is 17.4. The van der Waals surface area contributed by atoms with E-state index in [1.54, 1.807) is 0 Å². The van der Waals surface area contributed by atoms with Crippen molar-refractivity contribution in [2.24, 2.45) is 17.8 Å². The Morgan fingerprint density at radius 3 is 1.49 bits per heavy atom. The number of unbranched alkanes of at least 4 members (excludes halogenated alkanes) is 15. The molecule has 1 atom stereocenters. The van der Waals surface area contributed by atoms with E-state index in [1.807, 2.05) is 0 Å². The molecule has 0 bridgehead atoms. The Labute approximate surface area is 260 Å². The second-order valence-corrected chi connectivity index (χ2v) is 13.0. The molecule has 1 amide bonds. The van der Waals surface area contributed by atoms with E-state index in [-0.39, 0.29) is 42.7 Å². The van der Waals surface area contributed by atoms with Gasteiger partial charge in [-0.25, -0.2) is 0 Å². The SMILES string of the molecule is CC(=O)CC[C@H](CC(=O)C1CCC(CNC(=O)CCCCCCCCCCCCCCCCCCC(=O)O)CC1)C(=O)O. The van der Waals surface area contributed by atoms with Crippen molar-refractivity contribution < 1.29 is 34.2 Å². The van der Waals surface area contributed by atoms with E-state index >= 15 is 0 Å². The fraction of sp³-hybridized carbons (Fsp3) is 0.857. The van der Waals surface area contributed by atoms with Gasteiger partial charge in [-0.2, -0.15) is 0 Å². The number of ketones is 2. The number of aliphatic carboxylic acids is 2. The van der Waals surface area contributed by atoms with Crippen LogP contribution in [0, 0.1) is 17.8 Å². The fourth-order valence-electron chi connectivity index (χ4n) is 6.17. The molecule has 1 rings (SSSR count). The van der Waals surface area contributed by atoms with Gasteiger partial charge in [0.15, 0.2) is 0 Å². The maximum absolute atomic E-state index is 12.6. The Morgan fingerprint density at radius 2 is 1.07 bits per heavy atom. The lowest BCUT2D eigenvalue weighted by molar-refractivity contribution is -0.144. The minimum absolute atomic E-state index is 0.00409. The zero-order valence-electron chi connectivity index (χ0n) is 27.1. The van der Waals surface area contributed by atoms with Crippen LogP contribution in [0.25, 0.3) is 0 Å². The maximum atomic E-state index is 12.6. The average molecular weight is 608 g/mol. The predicted molar refractivity (Wildman–Crippen MR) is 170 cm³/mol. The van der Waals surface area contributed by atoms with E-state index in [9.17, 15) is 29.1 Å². The number of carboxylic acid groups (broad SMARTS) is 2. The van der Waals surface area contributed by atoms with Crippen molar-refractivity contribution >= 4 is 29.4 Å². The maximum Gasteiger partial charge on any atom is 0.306 e. The van der Waals surface area contributed by atoms with Crippen LogP contribution in [0.3, 0.4) is 0 Å². The van der Waals surface area contributed by atoms with Crippen molar-refractivity contribution in [1.29, 1.82) is 0 Å². The second kappa shape index (κ2) is 25.1. The highest BCUT2D eigenvalue weighted by atomic mass is 16.4. The molecule has 0 aromatic heterocycles. The number of hydrogen-bond acceptors (Lipinski definition) is 5. The minimum atomic E-state index is -1.000. The van der Waals surface area contributed by atoms with Crippen LogP contribution in [0.1, 0.15) is 167 Å². The van der Waals surface area contributed by atoms with Gasteiger partial charge in [0.1, 0.15) is 11.6 Å². The monoisotopic (exact) mass is 607 g/mol. The highest BCUT2D eigenvalue weighted by Crippen LogP contribution is 2.31. The highest BCUT2D eigenvalue weighted by Gasteiger charge is 2.30. The van der Waals surface area contributed by atoms with Gasteiger partial charge in [0.05, 0.1) is 5.92 Å². The van der Waals surface area contributed by atoms with Gasteiger partial charge < -0.3 is 20.3 Å². The largest absolute Gasteiger partial charge is 0.481 e. The molecule has 0 aliphatic heterocycles. The number of Topliss-reactive ketones (excluding diaryl/α,β-unsaturated/α-hetero) is 2. The molecule has 1 fully saturated rings. The molecule has 1 saturated carbocycles. The molecule has 3 N–H and O–H groups in total. The van der Waals surface area contributed by atoms with Crippen molar-refractivity contribution in [2.45, 2.75) is 167 Å². The van der Waals surface area contributed by atoms with Gasteiger partial charge >= 0.3 is 11.9 Å². The first-order chi connectivity index (χ1) is 20.7. The number of carbonyl (C=O) groups is 5. The lowest BCUT2D eigenvalue weighted by atomic mass is 9.78. The minimum Gasteiger partial charge on any atom is -0.481 e. The van der Waals surface area contributed by atoms with E-state index in [4.69, 9.17) is 5.11 Å². The summed E-state index contributed by atoms with van der Waals surface area (Å²) in [5.41, 5.74) is 0. The third-order valence-electron chi connectivity index (χ3n) is 9.08. The summed E-state index contributed by atoms with van der Waals surface area (Å²) in [6, 6.07) is 0. The molecule has 43 heavy (non-hydrogen) atoms. The predicted octanol–water partition coefficient (Wildman–Crippen LogP) is 8.04. The summed E-state index contributed by atoms with van der Waals surface area (Å²) in [4.78, 5) is 58.1. The van der Waals surface area contributed by atoms with Crippen molar-refractivity contribution in [3.63, 3.8) is 0 Å². The fourth-order valence-corrected chi connectivity index (χ4v) is 6.17. The summed E-state index contributed by atoms with van der Waals surface area (Å²) in [7, 11) is 0. The summed E-state index contributed by atoms with van der Waals surface area (Å²) >= 11 is 0. The number of nitrogens with one attached hydrogen (secondary N) is 1. The van der Waals surface area contributed by atoms with Gasteiger partial charge in [0.2, 0.25) is 5.91 Å². The number of carbonyl (C=O) groups excluding carboxylic acids is 3. The van der Waals surface area contributed by atoms with E-state index in [0.717, 1.165) is 57.8 Å². The van der Waals surface area contributed by atoms with Gasteiger partial charge in [0, 0.05) is 38.1 Å².